The molecule has 2 heterocycles. The first kappa shape index (κ1) is 11.9. The molecule has 17 heavy (non-hydrogen) atoms. The molecule has 0 fully saturated rings. The second-order valence-corrected chi connectivity index (χ2v) is 4.67. The standard InChI is InChI=1S/C12H16N4S/c1-2-10(11-4-3-7-17-11)15-9-5-6-14-12(8-9)16-13/h3-8,10H,2,13H2,1H3,(H2,14,15,16). The average molecular weight is 248 g/mol. The predicted octanol–water partition coefficient (Wildman–Crippen LogP) is 2.99. The van der Waals surface area contributed by atoms with Crippen LogP contribution in [0.1, 0.15) is 24.3 Å². The van der Waals surface area contributed by atoms with Crippen molar-refractivity contribution in [1.29, 1.82) is 0 Å². The number of rotatable bonds is 5. The lowest BCUT2D eigenvalue weighted by Gasteiger charge is -2.17. The van der Waals surface area contributed by atoms with Crippen molar-refractivity contribution in [3.63, 3.8) is 0 Å². The van der Waals surface area contributed by atoms with Gasteiger partial charge in [0, 0.05) is 22.8 Å². The molecular formula is C12H16N4S. The summed E-state index contributed by atoms with van der Waals surface area (Å²) in [4.78, 5) is 5.42. The fourth-order valence-electron chi connectivity index (χ4n) is 1.66. The number of aromatic nitrogens is 1. The van der Waals surface area contributed by atoms with E-state index in [9.17, 15) is 0 Å². The van der Waals surface area contributed by atoms with Gasteiger partial charge in [-0.05, 0) is 23.9 Å². The van der Waals surface area contributed by atoms with Crippen molar-refractivity contribution in [1.82, 2.24) is 4.98 Å². The number of pyridine rings is 1. The van der Waals surface area contributed by atoms with Crippen LogP contribution in [0.4, 0.5) is 11.5 Å². The molecule has 0 bridgehead atoms. The van der Waals surface area contributed by atoms with Gasteiger partial charge >= 0.3 is 0 Å². The number of nitrogens with zero attached hydrogens (tertiary/aromatic N) is 1. The highest BCUT2D eigenvalue weighted by molar-refractivity contribution is 7.10. The highest BCUT2D eigenvalue weighted by Crippen LogP contribution is 2.26. The van der Waals surface area contributed by atoms with Crippen molar-refractivity contribution < 1.29 is 0 Å². The Labute approximate surface area is 105 Å². The van der Waals surface area contributed by atoms with Gasteiger partial charge in [0.1, 0.15) is 5.82 Å². The first-order valence-electron chi connectivity index (χ1n) is 5.56. The minimum atomic E-state index is 0.336. The van der Waals surface area contributed by atoms with E-state index in [4.69, 9.17) is 5.84 Å². The van der Waals surface area contributed by atoms with Crippen LogP contribution in [0.3, 0.4) is 0 Å². The Morgan fingerprint density at radius 2 is 2.35 bits per heavy atom. The van der Waals surface area contributed by atoms with Crippen LogP contribution in [0.25, 0.3) is 0 Å². The second-order valence-electron chi connectivity index (χ2n) is 3.69. The Balaban J connectivity index is 2.13. The number of nitrogen functional groups attached to an aromatic ring is 1. The minimum Gasteiger partial charge on any atom is -0.377 e. The normalized spacial score (nSPS) is 12.1. The van der Waals surface area contributed by atoms with Crippen LogP contribution in [0.2, 0.25) is 0 Å². The molecule has 2 rings (SSSR count). The molecule has 0 aliphatic rings. The first-order valence-corrected chi connectivity index (χ1v) is 6.44. The Morgan fingerprint density at radius 3 is 3.00 bits per heavy atom. The Morgan fingerprint density at radius 1 is 1.47 bits per heavy atom. The number of thiophene rings is 1. The SMILES string of the molecule is CCC(Nc1ccnc(NN)c1)c1cccs1. The predicted molar refractivity (Wildman–Crippen MR) is 73.0 cm³/mol. The summed E-state index contributed by atoms with van der Waals surface area (Å²) >= 11 is 1.77. The summed E-state index contributed by atoms with van der Waals surface area (Å²) in [6, 6.07) is 8.40. The summed E-state index contributed by atoms with van der Waals surface area (Å²) in [6.07, 6.45) is 2.77. The molecule has 0 aliphatic carbocycles. The lowest BCUT2D eigenvalue weighted by atomic mass is 10.2. The topological polar surface area (TPSA) is 63.0 Å². The van der Waals surface area contributed by atoms with Crippen LogP contribution in [0, 0.1) is 0 Å². The number of hydrogen-bond acceptors (Lipinski definition) is 5. The average Bonchev–Trinajstić information content (AvgIpc) is 2.90. The third kappa shape index (κ3) is 2.95. The molecule has 0 spiro atoms. The number of nitrogens with two attached hydrogens (primary N) is 1. The maximum Gasteiger partial charge on any atom is 0.141 e. The third-order valence-corrected chi connectivity index (χ3v) is 3.53. The second kappa shape index (κ2) is 5.65. The summed E-state index contributed by atoms with van der Waals surface area (Å²) < 4.78 is 0. The molecule has 0 saturated heterocycles. The molecule has 90 valence electrons. The van der Waals surface area contributed by atoms with E-state index in [1.165, 1.54) is 4.88 Å². The lowest BCUT2D eigenvalue weighted by Crippen LogP contribution is -2.11. The number of hydrazine groups is 1. The van der Waals surface area contributed by atoms with E-state index >= 15 is 0 Å². The maximum atomic E-state index is 5.34. The number of anilines is 2. The van der Waals surface area contributed by atoms with Crippen molar-refractivity contribution in [3.05, 3.63) is 40.7 Å². The lowest BCUT2D eigenvalue weighted by molar-refractivity contribution is 0.764. The van der Waals surface area contributed by atoms with Crippen LogP contribution >= 0.6 is 11.3 Å². The van der Waals surface area contributed by atoms with Gasteiger partial charge in [-0.1, -0.05) is 13.0 Å². The third-order valence-electron chi connectivity index (χ3n) is 2.54. The first-order chi connectivity index (χ1) is 8.33. The molecule has 0 aliphatic heterocycles. The summed E-state index contributed by atoms with van der Waals surface area (Å²) in [6.45, 7) is 2.17. The molecular weight excluding hydrogens is 232 g/mol. The Bertz CT molecular complexity index is 455. The fraction of sp³-hybridized carbons (Fsp3) is 0.250. The van der Waals surface area contributed by atoms with Crippen LogP contribution in [0.15, 0.2) is 35.8 Å². The van der Waals surface area contributed by atoms with Gasteiger partial charge in [-0.25, -0.2) is 10.8 Å². The van der Waals surface area contributed by atoms with Crippen molar-refractivity contribution >= 4 is 22.8 Å². The van der Waals surface area contributed by atoms with Gasteiger partial charge in [0.25, 0.3) is 0 Å². The zero-order valence-corrected chi connectivity index (χ0v) is 10.5. The van der Waals surface area contributed by atoms with Crippen LogP contribution in [-0.4, -0.2) is 4.98 Å². The zero-order chi connectivity index (χ0) is 12.1. The number of hydrogen-bond donors (Lipinski definition) is 3. The summed E-state index contributed by atoms with van der Waals surface area (Å²) in [5.74, 6) is 6.00. The molecule has 0 radical (unpaired) electrons. The van der Waals surface area contributed by atoms with Gasteiger partial charge < -0.3 is 10.7 Å². The summed E-state index contributed by atoms with van der Waals surface area (Å²) in [7, 11) is 0. The van der Waals surface area contributed by atoms with Gasteiger partial charge in [-0.3, -0.25) is 0 Å². The number of nitrogens with one attached hydrogen (secondary N) is 2. The van der Waals surface area contributed by atoms with Gasteiger partial charge in [0.15, 0.2) is 0 Å². The van der Waals surface area contributed by atoms with E-state index in [0.29, 0.717) is 11.9 Å². The fourth-order valence-corrected chi connectivity index (χ4v) is 2.53. The van der Waals surface area contributed by atoms with Gasteiger partial charge in [-0.2, -0.15) is 0 Å². The van der Waals surface area contributed by atoms with Crippen molar-refractivity contribution in [3.8, 4) is 0 Å². The largest absolute Gasteiger partial charge is 0.377 e. The van der Waals surface area contributed by atoms with E-state index in [-0.39, 0.29) is 0 Å². The molecule has 0 amide bonds. The molecule has 2 aromatic heterocycles. The van der Waals surface area contributed by atoms with Crippen LogP contribution in [-0.2, 0) is 0 Å². The van der Waals surface area contributed by atoms with Gasteiger partial charge in [-0.15, -0.1) is 11.3 Å². The van der Waals surface area contributed by atoms with E-state index in [1.807, 2.05) is 12.1 Å². The molecule has 5 heteroatoms. The zero-order valence-electron chi connectivity index (χ0n) is 9.68. The molecule has 0 aromatic carbocycles. The highest BCUT2D eigenvalue weighted by Gasteiger charge is 2.10. The molecule has 4 nitrogen and oxygen atoms in total. The molecule has 0 saturated carbocycles. The van der Waals surface area contributed by atoms with Gasteiger partial charge in [0.2, 0.25) is 0 Å². The van der Waals surface area contributed by atoms with E-state index < -0.39 is 0 Å². The van der Waals surface area contributed by atoms with Crippen molar-refractivity contribution in [2.24, 2.45) is 5.84 Å². The quantitative estimate of drug-likeness (QED) is 0.562. The van der Waals surface area contributed by atoms with Crippen LogP contribution in [0.5, 0.6) is 0 Å². The van der Waals surface area contributed by atoms with E-state index in [1.54, 1.807) is 17.5 Å². The highest BCUT2D eigenvalue weighted by atomic mass is 32.1. The Hall–Kier alpha value is -1.59. The smallest absolute Gasteiger partial charge is 0.141 e. The van der Waals surface area contributed by atoms with E-state index in [2.05, 4.69) is 40.2 Å². The molecule has 1 atom stereocenters. The van der Waals surface area contributed by atoms with Crippen LogP contribution < -0.4 is 16.6 Å². The Kier molecular flexibility index (Phi) is 3.95. The van der Waals surface area contributed by atoms with E-state index in [0.717, 1.165) is 12.1 Å². The van der Waals surface area contributed by atoms with Gasteiger partial charge in [0.05, 0.1) is 6.04 Å². The van der Waals surface area contributed by atoms with Crippen molar-refractivity contribution in [2.45, 2.75) is 19.4 Å². The summed E-state index contributed by atoms with van der Waals surface area (Å²) in [5, 5.41) is 5.58. The van der Waals surface area contributed by atoms with Crippen molar-refractivity contribution in [2.75, 3.05) is 10.7 Å². The minimum absolute atomic E-state index is 0.336. The summed E-state index contributed by atoms with van der Waals surface area (Å²) in [5.41, 5.74) is 3.57. The molecule has 4 N–H and O–H groups in total. The monoisotopic (exact) mass is 248 g/mol. The molecule has 2 aromatic rings. The molecule has 1 unspecified atom stereocenters. The maximum absolute atomic E-state index is 5.34.